The van der Waals surface area contributed by atoms with Crippen LogP contribution in [0, 0.1) is 0 Å². The van der Waals surface area contributed by atoms with Gasteiger partial charge in [0.25, 0.3) is 5.91 Å². The molecule has 0 spiro atoms. The number of carboxylic acids is 1. The number of hydrogen-bond acceptors (Lipinski definition) is 6. The van der Waals surface area contributed by atoms with E-state index in [1.165, 1.54) is 36.4 Å². The fraction of sp³-hybridized carbons (Fsp3) is 0. The first-order valence-electron chi connectivity index (χ1n) is 7.07. The Labute approximate surface area is 146 Å². The topological polar surface area (TPSA) is 119 Å². The van der Waals surface area contributed by atoms with Gasteiger partial charge in [-0.2, -0.15) is 0 Å². The molecule has 0 saturated carbocycles. The Hall–Kier alpha value is -3.26. The van der Waals surface area contributed by atoms with Crippen LogP contribution in [0.1, 0.15) is 15.9 Å². The molecule has 1 amide bonds. The number of aromatic carboxylic acids is 1. The van der Waals surface area contributed by atoms with E-state index in [9.17, 15) is 19.8 Å². The molecule has 1 fully saturated rings. The van der Waals surface area contributed by atoms with Crippen LogP contribution in [0.4, 0.5) is 5.69 Å². The van der Waals surface area contributed by atoms with Gasteiger partial charge in [-0.05, 0) is 48.2 Å². The molecule has 2 aromatic rings. The lowest BCUT2D eigenvalue weighted by molar-refractivity contribution is -0.115. The molecule has 25 heavy (non-hydrogen) atoms. The highest BCUT2D eigenvalue weighted by Crippen LogP contribution is 2.31. The molecule has 8 heteroatoms. The van der Waals surface area contributed by atoms with Crippen LogP contribution >= 0.6 is 11.8 Å². The highest BCUT2D eigenvalue weighted by Gasteiger charge is 2.24. The predicted molar refractivity (Wildman–Crippen MR) is 94.0 cm³/mol. The first kappa shape index (κ1) is 16.6. The fourth-order valence-corrected chi connectivity index (χ4v) is 2.93. The third kappa shape index (κ3) is 3.81. The molecule has 126 valence electrons. The summed E-state index contributed by atoms with van der Waals surface area (Å²) in [5, 5.41) is 31.0. The summed E-state index contributed by atoms with van der Waals surface area (Å²) in [5.74, 6) is -1.68. The van der Waals surface area contributed by atoms with Crippen LogP contribution in [-0.4, -0.2) is 32.4 Å². The summed E-state index contributed by atoms with van der Waals surface area (Å²) in [7, 11) is 0. The van der Waals surface area contributed by atoms with Crippen molar-refractivity contribution in [3.63, 3.8) is 0 Å². The third-order valence-electron chi connectivity index (χ3n) is 3.28. The van der Waals surface area contributed by atoms with Crippen molar-refractivity contribution in [1.29, 1.82) is 0 Å². The van der Waals surface area contributed by atoms with Gasteiger partial charge in [0.15, 0.2) is 5.17 Å². The Morgan fingerprint density at radius 1 is 1.16 bits per heavy atom. The van der Waals surface area contributed by atoms with Crippen molar-refractivity contribution >= 4 is 40.6 Å². The molecule has 0 atom stereocenters. The molecule has 1 heterocycles. The molecule has 0 radical (unpaired) electrons. The zero-order valence-corrected chi connectivity index (χ0v) is 13.4. The minimum atomic E-state index is -1.06. The molecule has 1 aliphatic heterocycles. The minimum absolute atomic E-state index is 0.0799. The lowest BCUT2D eigenvalue weighted by Gasteiger charge is -2.00. The number of hydrogen-bond donors (Lipinski definition) is 4. The van der Waals surface area contributed by atoms with Crippen molar-refractivity contribution in [3.8, 4) is 11.5 Å². The predicted octanol–water partition coefficient (Wildman–Crippen LogP) is 2.69. The number of aromatic hydroxyl groups is 2. The summed E-state index contributed by atoms with van der Waals surface area (Å²) >= 11 is 1.07. The maximum atomic E-state index is 12.0. The second kappa shape index (κ2) is 6.70. The van der Waals surface area contributed by atoms with E-state index in [1.54, 1.807) is 12.1 Å². The lowest BCUT2D eigenvalue weighted by Crippen LogP contribution is -2.19. The highest BCUT2D eigenvalue weighted by molar-refractivity contribution is 8.18. The minimum Gasteiger partial charge on any atom is -0.508 e. The van der Waals surface area contributed by atoms with Gasteiger partial charge in [-0.25, -0.2) is 9.79 Å². The van der Waals surface area contributed by atoms with Crippen LogP contribution in [0.5, 0.6) is 11.5 Å². The van der Waals surface area contributed by atoms with E-state index in [0.29, 0.717) is 21.3 Å². The Kier molecular flexibility index (Phi) is 4.44. The van der Waals surface area contributed by atoms with Gasteiger partial charge in [-0.1, -0.05) is 6.07 Å². The summed E-state index contributed by atoms with van der Waals surface area (Å²) in [4.78, 5) is 27.5. The first-order chi connectivity index (χ1) is 11.9. The Bertz CT molecular complexity index is 936. The van der Waals surface area contributed by atoms with E-state index in [4.69, 9.17) is 5.11 Å². The molecular formula is C17H12N2O5S. The zero-order chi connectivity index (χ0) is 18.0. The van der Waals surface area contributed by atoms with Crippen LogP contribution in [-0.2, 0) is 4.79 Å². The molecule has 0 aliphatic carbocycles. The van der Waals surface area contributed by atoms with Gasteiger partial charge in [-0.15, -0.1) is 0 Å². The summed E-state index contributed by atoms with van der Waals surface area (Å²) in [5.41, 5.74) is 0.877. The number of amidine groups is 1. The van der Waals surface area contributed by atoms with Gasteiger partial charge in [-0.3, -0.25) is 4.79 Å². The molecule has 1 saturated heterocycles. The average molecular weight is 356 g/mol. The normalized spacial score (nSPS) is 17.0. The van der Waals surface area contributed by atoms with Gasteiger partial charge in [0.05, 0.1) is 16.2 Å². The highest BCUT2D eigenvalue weighted by atomic mass is 32.2. The van der Waals surface area contributed by atoms with Gasteiger partial charge in [0.1, 0.15) is 11.5 Å². The van der Waals surface area contributed by atoms with E-state index in [1.807, 2.05) is 0 Å². The number of amides is 1. The van der Waals surface area contributed by atoms with Crippen LogP contribution < -0.4 is 5.32 Å². The summed E-state index contributed by atoms with van der Waals surface area (Å²) in [6.07, 6.45) is 1.48. The number of rotatable bonds is 3. The van der Waals surface area contributed by atoms with E-state index < -0.39 is 5.97 Å². The van der Waals surface area contributed by atoms with Gasteiger partial charge in [0.2, 0.25) is 0 Å². The van der Waals surface area contributed by atoms with Crippen molar-refractivity contribution in [1.82, 2.24) is 5.32 Å². The van der Waals surface area contributed by atoms with Crippen molar-refractivity contribution in [2.24, 2.45) is 4.99 Å². The molecule has 2 aromatic carbocycles. The molecule has 0 aromatic heterocycles. The number of carboxylic acid groups (broad SMARTS) is 1. The molecule has 7 nitrogen and oxygen atoms in total. The Balaban J connectivity index is 1.86. The number of carbonyl (C=O) groups excluding carboxylic acids is 1. The second-order valence-electron chi connectivity index (χ2n) is 5.08. The largest absolute Gasteiger partial charge is 0.508 e. The van der Waals surface area contributed by atoms with Crippen LogP contribution in [0.3, 0.4) is 0 Å². The standard InChI is InChI=1S/C17H12N2O5S/c20-12-5-4-9(13(21)8-12)7-14-15(22)19-17(25-14)18-11-3-1-2-10(6-11)16(23)24/h1-8,20-21H,(H,23,24)(H,18,19,22)/b14-7-. The molecule has 0 unspecified atom stereocenters. The summed E-state index contributed by atoms with van der Waals surface area (Å²) < 4.78 is 0. The van der Waals surface area contributed by atoms with E-state index in [-0.39, 0.29) is 23.0 Å². The number of carbonyl (C=O) groups is 2. The maximum Gasteiger partial charge on any atom is 0.335 e. The van der Waals surface area contributed by atoms with Crippen LogP contribution in [0.25, 0.3) is 6.08 Å². The molecular weight excluding hydrogens is 344 g/mol. The number of phenols is 2. The van der Waals surface area contributed by atoms with Crippen molar-refractivity contribution < 1.29 is 24.9 Å². The Morgan fingerprint density at radius 2 is 1.96 bits per heavy atom. The van der Waals surface area contributed by atoms with Gasteiger partial charge in [0, 0.05) is 11.6 Å². The van der Waals surface area contributed by atoms with Crippen molar-refractivity contribution in [2.75, 3.05) is 0 Å². The number of benzene rings is 2. The first-order valence-corrected chi connectivity index (χ1v) is 7.89. The molecule has 1 aliphatic rings. The van der Waals surface area contributed by atoms with Crippen molar-refractivity contribution in [3.05, 3.63) is 58.5 Å². The van der Waals surface area contributed by atoms with Gasteiger partial charge < -0.3 is 20.6 Å². The lowest BCUT2D eigenvalue weighted by atomic mass is 10.2. The zero-order valence-electron chi connectivity index (χ0n) is 12.6. The smallest absolute Gasteiger partial charge is 0.335 e. The number of aliphatic imine (C=N–C) groups is 1. The van der Waals surface area contributed by atoms with Crippen LogP contribution in [0.15, 0.2) is 52.4 Å². The average Bonchev–Trinajstić information content (AvgIpc) is 2.89. The number of nitrogens with one attached hydrogen (secondary N) is 1. The number of nitrogens with zero attached hydrogens (tertiary/aromatic N) is 1. The van der Waals surface area contributed by atoms with E-state index in [2.05, 4.69) is 10.3 Å². The van der Waals surface area contributed by atoms with E-state index in [0.717, 1.165) is 11.8 Å². The quantitative estimate of drug-likeness (QED) is 0.628. The number of phenolic OH excluding ortho intramolecular Hbond substituents is 2. The molecule has 0 bridgehead atoms. The monoisotopic (exact) mass is 356 g/mol. The second-order valence-corrected chi connectivity index (χ2v) is 6.11. The fourth-order valence-electron chi connectivity index (χ4n) is 2.10. The third-order valence-corrected chi connectivity index (χ3v) is 4.19. The molecule has 4 N–H and O–H groups in total. The van der Waals surface area contributed by atoms with Crippen LogP contribution in [0.2, 0.25) is 0 Å². The Morgan fingerprint density at radius 3 is 2.68 bits per heavy atom. The number of thioether (sulfide) groups is 1. The summed E-state index contributed by atoms with van der Waals surface area (Å²) in [6.45, 7) is 0. The van der Waals surface area contributed by atoms with Crippen molar-refractivity contribution in [2.45, 2.75) is 0 Å². The van der Waals surface area contributed by atoms with E-state index >= 15 is 0 Å². The molecule has 3 rings (SSSR count). The maximum absolute atomic E-state index is 12.0. The summed E-state index contributed by atoms with van der Waals surface area (Å²) in [6, 6.07) is 10.1. The SMILES string of the molecule is O=C1NC(=Nc2cccc(C(=O)O)c2)S/C1=C\c1ccc(O)cc1O. The van der Waals surface area contributed by atoms with Gasteiger partial charge >= 0.3 is 5.97 Å².